The summed E-state index contributed by atoms with van der Waals surface area (Å²) in [5.74, 6) is -0.577. The highest BCUT2D eigenvalue weighted by atomic mass is 32.2. The first kappa shape index (κ1) is 18.9. The zero-order chi connectivity index (χ0) is 20.3. The van der Waals surface area contributed by atoms with Crippen LogP contribution >= 0.6 is 0 Å². The fraction of sp³-hybridized carbons (Fsp3) is 0.222. The quantitative estimate of drug-likeness (QED) is 0.624. The van der Waals surface area contributed by atoms with Crippen LogP contribution in [0, 0.1) is 27.7 Å². The fourth-order valence-corrected chi connectivity index (χ4v) is 4.15. The molecule has 0 saturated heterocycles. The number of primary amides is 1. The molecule has 6 N–H and O–H groups in total. The van der Waals surface area contributed by atoms with Gasteiger partial charge in [-0.25, -0.2) is 18.5 Å². The maximum absolute atomic E-state index is 12.1. The first-order chi connectivity index (χ1) is 12.4. The molecule has 0 spiro atoms. The van der Waals surface area contributed by atoms with Crippen molar-refractivity contribution in [3.05, 3.63) is 46.1 Å². The predicted octanol–water partition coefficient (Wildman–Crippen LogP) is 1.59. The van der Waals surface area contributed by atoms with Gasteiger partial charge in [0.05, 0.1) is 16.1 Å². The van der Waals surface area contributed by atoms with Crippen molar-refractivity contribution >= 4 is 32.8 Å². The molecule has 3 aromatic rings. The highest BCUT2D eigenvalue weighted by Crippen LogP contribution is 2.35. The fourth-order valence-electron chi connectivity index (χ4n) is 3.37. The molecular formula is C18H21N5O3S. The van der Waals surface area contributed by atoms with Gasteiger partial charge in [0, 0.05) is 11.1 Å². The number of carbonyl (C=O) groups excluding carboxylic acids is 1. The Kier molecular flexibility index (Phi) is 4.24. The van der Waals surface area contributed by atoms with Crippen LogP contribution in [0.4, 0.5) is 5.82 Å². The van der Waals surface area contributed by atoms with Gasteiger partial charge in [-0.15, -0.1) is 0 Å². The van der Waals surface area contributed by atoms with Gasteiger partial charge in [0.25, 0.3) is 5.91 Å². The van der Waals surface area contributed by atoms with E-state index >= 15 is 0 Å². The molecule has 0 fully saturated rings. The van der Waals surface area contributed by atoms with Crippen molar-refractivity contribution < 1.29 is 13.2 Å². The van der Waals surface area contributed by atoms with Crippen LogP contribution in [0.25, 0.3) is 16.7 Å². The van der Waals surface area contributed by atoms with Crippen molar-refractivity contribution in [1.82, 2.24) is 9.55 Å². The Bertz CT molecular complexity index is 1230. The maximum Gasteiger partial charge on any atom is 0.253 e. The molecule has 0 radical (unpaired) electrons. The molecule has 0 unspecified atom stereocenters. The summed E-state index contributed by atoms with van der Waals surface area (Å²) in [4.78, 5) is 16.6. The number of hydrogen-bond donors (Lipinski definition) is 3. The van der Waals surface area contributed by atoms with Gasteiger partial charge in [-0.05, 0) is 56.5 Å². The van der Waals surface area contributed by atoms with Crippen molar-refractivity contribution in [2.45, 2.75) is 32.6 Å². The number of aromatic nitrogens is 2. The lowest BCUT2D eigenvalue weighted by molar-refractivity contribution is 0.100. The van der Waals surface area contributed by atoms with E-state index in [2.05, 4.69) is 4.98 Å². The second-order valence-electron chi connectivity index (χ2n) is 6.62. The van der Waals surface area contributed by atoms with Crippen molar-refractivity contribution in [2.24, 2.45) is 10.9 Å². The molecule has 142 valence electrons. The molecular weight excluding hydrogens is 366 g/mol. The summed E-state index contributed by atoms with van der Waals surface area (Å²) < 4.78 is 25.5. The van der Waals surface area contributed by atoms with Gasteiger partial charge in [0.2, 0.25) is 10.0 Å². The van der Waals surface area contributed by atoms with E-state index < -0.39 is 15.9 Å². The Morgan fingerprint density at radius 3 is 2.30 bits per heavy atom. The number of sulfonamides is 1. The number of primary sulfonamides is 1. The van der Waals surface area contributed by atoms with E-state index in [9.17, 15) is 13.2 Å². The van der Waals surface area contributed by atoms with E-state index in [0.29, 0.717) is 22.3 Å². The van der Waals surface area contributed by atoms with E-state index in [-0.39, 0.29) is 16.3 Å². The van der Waals surface area contributed by atoms with Crippen LogP contribution in [0.3, 0.4) is 0 Å². The zero-order valence-corrected chi connectivity index (χ0v) is 16.3. The SMILES string of the molecule is Cc1cc2c(C(N)=O)c(N)n(-c3c(C)ccc(S(N)(=O)=O)c3C)c2nc1C. The van der Waals surface area contributed by atoms with Crippen molar-refractivity contribution in [1.29, 1.82) is 0 Å². The highest BCUT2D eigenvalue weighted by Gasteiger charge is 2.25. The Morgan fingerprint density at radius 2 is 1.74 bits per heavy atom. The van der Waals surface area contributed by atoms with Gasteiger partial charge in [-0.1, -0.05) is 6.07 Å². The van der Waals surface area contributed by atoms with E-state index in [1.54, 1.807) is 23.6 Å². The molecule has 9 heteroatoms. The zero-order valence-electron chi connectivity index (χ0n) is 15.5. The molecule has 0 bridgehead atoms. The van der Waals surface area contributed by atoms with Gasteiger partial charge in [-0.3, -0.25) is 9.36 Å². The van der Waals surface area contributed by atoms with Crippen LogP contribution in [0.2, 0.25) is 0 Å². The number of amides is 1. The van der Waals surface area contributed by atoms with Gasteiger partial charge in [0.1, 0.15) is 11.5 Å². The molecule has 2 aromatic heterocycles. The first-order valence-electron chi connectivity index (χ1n) is 8.16. The predicted molar refractivity (Wildman–Crippen MR) is 104 cm³/mol. The lowest BCUT2D eigenvalue weighted by Crippen LogP contribution is -2.17. The Labute approximate surface area is 157 Å². The Morgan fingerprint density at radius 1 is 1.11 bits per heavy atom. The first-order valence-corrected chi connectivity index (χ1v) is 9.71. The molecule has 0 aliphatic heterocycles. The highest BCUT2D eigenvalue weighted by molar-refractivity contribution is 7.89. The molecule has 0 saturated carbocycles. The molecule has 0 aliphatic rings. The van der Waals surface area contributed by atoms with Crippen LogP contribution in [0.15, 0.2) is 23.1 Å². The van der Waals surface area contributed by atoms with Crippen LogP contribution in [-0.2, 0) is 10.0 Å². The molecule has 1 aromatic carbocycles. The van der Waals surface area contributed by atoms with E-state index in [1.165, 1.54) is 6.07 Å². The molecule has 3 rings (SSSR count). The number of nitrogen functional groups attached to an aromatic ring is 1. The van der Waals surface area contributed by atoms with Gasteiger partial charge in [-0.2, -0.15) is 0 Å². The summed E-state index contributed by atoms with van der Waals surface area (Å²) in [5, 5.41) is 5.86. The van der Waals surface area contributed by atoms with Crippen molar-refractivity contribution in [3.63, 3.8) is 0 Å². The summed E-state index contributed by atoms with van der Waals surface area (Å²) in [6, 6.07) is 4.89. The van der Waals surface area contributed by atoms with E-state index in [4.69, 9.17) is 16.6 Å². The summed E-state index contributed by atoms with van der Waals surface area (Å²) in [6.07, 6.45) is 0. The summed E-state index contributed by atoms with van der Waals surface area (Å²) in [5.41, 5.74) is 15.7. The number of rotatable bonds is 3. The van der Waals surface area contributed by atoms with Crippen LogP contribution in [0.5, 0.6) is 0 Å². The van der Waals surface area contributed by atoms with Gasteiger partial charge < -0.3 is 11.5 Å². The average molecular weight is 387 g/mol. The normalized spacial score (nSPS) is 11.9. The minimum absolute atomic E-state index is 0.0196. The van der Waals surface area contributed by atoms with Crippen LogP contribution < -0.4 is 16.6 Å². The Hall–Kier alpha value is -2.91. The van der Waals surface area contributed by atoms with Crippen molar-refractivity contribution in [2.75, 3.05) is 5.73 Å². The summed E-state index contributed by atoms with van der Waals surface area (Å²) in [7, 11) is -3.94. The van der Waals surface area contributed by atoms with Gasteiger partial charge in [0.15, 0.2) is 0 Å². The number of benzene rings is 1. The number of aryl methyl sites for hydroxylation is 3. The van der Waals surface area contributed by atoms with E-state index in [0.717, 1.165) is 16.8 Å². The van der Waals surface area contributed by atoms with Crippen LogP contribution in [-0.4, -0.2) is 23.9 Å². The number of carbonyl (C=O) groups is 1. The molecule has 2 heterocycles. The molecule has 27 heavy (non-hydrogen) atoms. The second kappa shape index (κ2) is 6.07. The summed E-state index contributed by atoms with van der Waals surface area (Å²) >= 11 is 0. The minimum Gasteiger partial charge on any atom is -0.384 e. The molecule has 0 atom stereocenters. The number of nitrogens with zero attached hydrogens (tertiary/aromatic N) is 2. The lowest BCUT2D eigenvalue weighted by Gasteiger charge is -2.17. The minimum atomic E-state index is -3.94. The molecule has 0 aliphatic carbocycles. The van der Waals surface area contributed by atoms with Gasteiger partial charge >= 0.3 is 0 Å². The number of anilines is 1. The number of nitrogens with two attached hydrogens (primary N) is 3. The van der Waals surface area contributed by atoms with E-state index in [1.807, 2.05) is 20.8 Å². The molecule has 8 nitrogen and oxygen atoms in total. The Balaban J connectivity index is 2.56. The number of fused-ring (bicyclic) bond motifs is 1. The topological polar surface area (TPSA) is 147 Å². The smallest absolute Gasteiger partial charge is 0.253 e. The number of pyridine rings is 1. The average Bonchev–Trinajstić information content (AvgIpc) is 2.79. The largest absolute Gasteiger partial charge is 0.384 e. The number of hydrogen-bond acceptors (Lipinski definition) is 5. The third kappa shape index (κ3) is 2.84. The third-order valence-corrected chi connectivity index (χ3v) is 5.84. The van der Waals surface area contributed by atoms with Crippen LogP contribution in [0.1, 0.15) is 32.7 Å². The maximum atomic E-state index is 12.1. The summed E-state index contributed by atoms with van der Waals surface area (Å²) in [6.45, 7) is 7.16. The standard InChI is InChI=1S/C18H21N5O3S/c1-8-5-6-13(27(21,25)26)10(3)15(8)23-16(19)14(17(20)24)12-7-9(2)11(4)22-18(12)23/h5-7H,19H2,1-4H3,(H2,20,24)(H2,21,25,26). The molecule has 1 amide bonds. The lowest BCUT2D eigenvalue weighted by atomic mass is 10.1. The monoisotopic (exact) mass is 387 g/mol. The second-order valence-corrected chi connectivity index (χ2v) is 8.15. The third-order valence-electron chi connectivity index (χ3n) is 4.78. The van der Waals surface area contributed by atoms with Crippen molar-refractivity contribution in [3.8, 4) is 5.69 Å².